The van der Waals surface area contributed by atoms with E-state index in [1.54, 1.807) is 36.2 Å². The first kappa shape index (κ1) is 17.0. The third kappa shape index (κ3) is 5.07. The van der Waals surface area contributed by atoms with Gasteiger partial charge >= 0.3 is 6.03 Å². The van der Waals surface area contributed by atoms with Gasteiger partial charge in [0.1, 0.15) is 0 Å². The Bertz CT molecular complexity index is 502. The SMILES string of the molecule is CC(C)NC(=O)Nc1cccc(C(=O)N(C)C(C)CN)c1. The van der Waals surface area contributed by atoms with Gasteiger partial charge in [-0.15, -0.1) is 0 Å². The molecule has 21 heavy (non-hydrogen) atoms. The molecule has 0 spiro atoms. The summed E-state index contributed by atoms with van der Waals surface area (Å²) in [6.07, 6.45) is 0. The molecule has 0 heterocycles. The van der Waals surface area contributed by atoms with E-state index in [0.717, 1.165) is 0 Å². The van der Waals surface area contributed by atoms with Gasteiger partial charge in [0.05, 0.1) is 0 Å². The van der Waals surface area contributed by atoms with E-state index in [1.165, 1.54) is 0 Å². The standard InChI is InChI=1S/C15H24N4O2/c1-10(2)17-15(21)18-13-7-5-6-12(8-13)14(20)19(4)11(3)9-16/h5-8,10-11H,9,16H2,1-4H3,(H2,17,18,21). The van der Waals surface area contributed by atoms with E-state index in [1.807, 2.05) is 20.8 Å². The zero-order valence-corrected chi connectivity index (χ0v) is 13.0. The molecule has 0 fully saturated rings. The lowest BCUT2D eigenvalue weighted by Gasteiger charge is -2.23. The predicted molar refractivity (Wildman–Crippen MR) is 84.3 cm³/mol. The highest BCUT2D eigenvalue weighted by Gasteiger charge is 2.16. The summed E-state index contributed by atoms with van der Waals surface area (Å²) in [7, 11) is 1.71. The van der Waals surface area contributed by atoms with Crippen molar-refractivity contribution in [2.45, 2.75) is 32.9 Å². The summed E-state index contributed by atoms with van der Waals surface area (Å²) in [6, 6.07) is 6.56. The fourth-order valence-corrected chi connectivity index (χ4v) is 1.72. The molecule has 1 rings (SSSR count). The van der Waals surface area contributed by atoms with Crippen LogP contribution in [0.25, 0.3) is 0 Å². The Kier molecular flexibility index (Phi) is 6.17. The molecule has 6 heteroatoms. The van der Waals surface area contributed by atoms with Gasteiger partial charge < -0.3 is 21.3 Å². The van der Waals surface area contributed by atoms with Crippen LogP contribution in [0.1, 0.15) is 31.1 Å². The second kappa shape index (κ2) is 7.64. The Morgan fingerprint density at radius 2 is 1.95 bits per heavy atom. The van der Waals surface area contributed by atoms with Crippen molar-refractivity contribution in [3.05, 3.63) is 29.8 Å². The molecule has 0 aromatic heterocycles. The highest BCUT2D eigenvalue weighted by molar-refractivity contribution is 5.97. The Balaban J connectivity index is 2.81. The summed E-state index contributed by atoms with van der Waals surface area (Å²) < 4.78 is 0. The number of benzene rings is 1. The minimum atomic E-state index is -0.293. The van der Waals surface area contributed by atoms with E-state index >= 15 is 0 Å². The fraction of sp³-hybridized carbons (Fsp3) is 0.467. The van der Waals surface area contributed by atoms with Crippen LogP contribution >= 0.6 is 0 Å². The summed E-state index contributed by atoms with van der Waals surface area (Å²) in [5.74, 6) is -0.124. The first-order valence-electron chi connectivity index (χ1n) is 7.00. The van der Waals surface area contributed by atoms with Crippen LogP contribution in [-0.2, 0) is 0 Å². The monoisotopic (exact) mass is 292 g/mol. The third-order valence-electron chi connectivity index (χ3n) is 3.11. The van der Waals surface area contributed by atoms with Crippen LogP contribution in [0.3, 0.4) is 0 Å². The van der Waals surface area contributed by atoms with Gasteiger partial charge in [0.25, 0.3) is 5.91 Å². The van der Waals surface area contributed by atoms with Crippen LogP contribution in [0.2, 0.25) is 0 Å². The molecule has 0 aliphatic heterocycles. The van der Waals surface area contributed by atoms with Crippen molar-refractivity contribution >= 4 is 17.6 Å². The van der Waals surface area contributed by atoms with Crippen LogP contribution in [-0.4, -0.2) is 42.5 Å². The van der Waals surface area contributed by atoms with E-state index in [9.17, 15) is 9.59 Å². The van der Waals surface area contributed by atoms with E-state index < -0.39 is 0 Å². The van der Waals surface area contributed by atoms with Crippen molar-refractivity contribution in [3.63, 3.8) is 0 Å². The molecule has 0 bridgehead atoms. The lowest BCUT2D eigenvalue weighted by molar-refractivity contribution is 0.0748. The normalized spacial score (nSPS) is 11.9. The Morgan fingerprint density at radius 3 is 2.52 bits per heavy atom. The number of nitrogens with zero attached hydrogens (tertiary/aromatic N) is 1. The van der Waals surface area contributed by atoms with Gasteiger partial charge in [-0.3, -0.25) is 4.79 Å². The summed E-state index contributed by atoms with van der Waals surface area (Å²) in [5.41, 5.74) is 6.66. The van der Waals surface area contributed by atoms with E-state index in [2.05, 4.69) is 10.6 Å². The van der Waals surface area contributed by atoms with Crippen LogP contribution in [0.4, 0.5) is 10.5 Å². The molecule has 0 saturated heterocycles. The quantitative estimate of drug-likeness (QED) is 0.771. The van der Waals surface area contributed by atoms with Crippen molar-refractivity contribution < 1.29 is 9.59 Å². The summed E-state index contributed by atoms with van der Waals surface area (Å²) >= 11 is 0. The maximum atomic E-state index is 12.3. The highest BCUT2D eigenvalue weighted by Crippen LogP contribution is 2.13. The van der Waals surface area contributed by atoms with Crippen LogP contribution in [0, 0.1) is 0 Å². The topological polar surface area (TPSA) is 87.5 Å². The van der Waals surface area contributed by atoms with Gasteiger partial charge in [-0.25, -0.2) is 4.79 Å². The number of hydrogen-bond donors (Lipinski definition) is 3. The molecule has 3 amide bonds. The average molecular weight is 292 g/mol. The molecule has 116 valence electrons. The minimum Gasteiger partial charge on any atom is -0.338 e. The lowest BCUT2D eigenvalue weighted by atomic mass is 10.1. The second-order valence-electron chi connectivity index (χ2n) is 5.33. The molecular weight excluding hydrogens is 268 g/mol. The molecule has 0 saturated carbocycles. The number of hydrogen-bond acceptors (Lipinski definition) is 3. The first-order valence-corrected chi connectivity index (χ1v) is 7.00. The van der Waals surface area contributed by atoms with Gasteiger partial charge in [0.2, 0.25) is 0 Å². The maximum Gasteiger partial charge on any atom is 0.319 e. The zero-order valence-electron chi connectivity index (χ0n) is 13.0. The first-order chi connectivity index (χ1) is 9.85. The van der Waals surface area contributed by atoms with Gasteiger partial charge in [0.15, 0.2) is 0 Å². The molecule has 1 atom stereocenters. The summed E-state index contributed by atoms with van der Waals surface area (Å²) in [6.45, 7) is 6.04. The number of carbonyl (C=O) groups excluding carboxylic acids is 2. The molecule has 1 aromatic rings. The molecule has 0 aliphatic rings. The Labute approximate surface area is 125 Å². The highest BCUT2D eigenvalue weighted by atomic mass is 16.2. The molecule has 1 unspecified atom stereocenters. The predicted octanol–water partition coefficient (Wildman–Crippen LogP) is 1.64. The number of likely N-dealkylation sites (N-methyl/N-ethyl adjacent to an activating group) is 1. The number of anilines is 1. The van der Waals surface area contributed by atoms with Crippen molar-refractivity contribution in [1.82, 2.24) is 10.2 Å². The fourth-order valence-electron chi connectivity index (χ4n) is 1.72. The van der Waals surface area contributed by atoms with Crippen molar-refractivity contribution in [2.24, 2.45) is 5.73 Å². The van der Waals surface area contributed by atoms with Gasteiger partial charge in [-0.05, 0) is 39.0 Å². The summed E-state index contributed by atoms with van der Waals surface area (Å²) in [5, 5.41) is 5.43. The smallest absolute Gasteiger partial charge is 0.319 e. The number of rotatable bonds is 5. The number of carbonyl (C=O) groups is 2. The van der Waals surface area contributed by atoms with Crippen LogP contribution in [0.15, 0.2) is 24.3 Å². The van der Waals surface area contributed by atoms with Gasteiger partial charge in [0, 0.05) is 36.9 Å². The van der Waals surface area contributed by atoms with Crippen LogP contribution < -0.4 is 16.4 Å². The van der Waals surface area contributed by atoms with Crippen molar-refractivity contribution in [3.8, 4) is 0 Å². The van der Waals surface area contributed by atoms with Crippen molar-refractivity contribution in [2.75, 3.05) is 18.9 Å². The lowest BCUT2D eigenvalue weighted by Crippen LogP contribution is -2.39. The van der Waals surface area contributed by atoms with Crippen LogP contribution in [0.5, 0.6) is 0 Å². The van der Waals surface area contributed by atoms with E-state index in [-0.39, 0.29) is 24.0 Å². The Morgan fingerprint density at radius 1 is 1.29 bits per heavy atom. The molecule has 4 N–H and O–H groups in total. The molecule has 0 aliphatic carbocycles. The Hall–Kier alpha value is -2.08. The summed E-state index contributed by atoms with van der Waals surface area (Å²) in [4.78, 5) is 25.6. The van der Waals surface area contributed by atoms with Crippen molar-refractivity contribution in [1.29, 1.82) is 0 Å². The van der Waals surface area contributed by atoms with Gasteiger partial charge in [-0.1, -0.05) is 6.07 Å². The molecular formula is C15H24N4O2. The van der Waals surface area contributed by atoms with E-state index in [4.69, 9.17) is 5.73 Å². The minimum absolute atomic E-state index is 0.0432. The zero-order chi connectivity index (χ0) is 16.0. The number of nitrogens with one attached hydrogen (secondary N) is 2. The number of amides is 3. The largest absolute Gasteiger partial charge is 0.338 e. The van der Waals surface area contributed by atoms with Gasteiger partial charge in [-0.2, -0.15) is 0 Å². The second-order valence-corrected chi connectivity index (χ2v) is 5.33. The van der Waals surface area contributed by atoms with E-state index in [0.29, 0.717) is 17.8 Å². The molecule has 6 nitrogen and oxygen atoms in total. The number of nitrogens with two attached hydrogens (primary N) is 1. The maximum absolute atomic E-state index is 12.3. The average Bonchev–Trinajstić information content (AvgIpc) is 2.44. The number of urea groups is 1. The molecule has 0 radical (unpaired) electrons. The third-order valence-corrected chi connectivity index (χ3v) is 3.11. The molecule has 1 aromatic carbocycles.